The Labute approximate surface area is 98.8 Å². The lowest BCUT2D eigenvalue weighted by atomic mass is 10.2. The zero-order valence-electron chi connectivity index (χ0n) is 9.10. The average molecular weight is 241 g/mol. The Morgan fingerprint density at radius 2 is 2.31 bits per heavy atom. The second kappa shape index (κ2) is 6.40. The quantitative estimate of drug-likeness (QED) is 0.464. The number of aliphatic hydroxyl groups is 1. The lowest BCUT2D eigenvalue weighted by Gasteiger charge is -2.10. The van der Waals surface area contributed by atoms with Crippen molar-refractivity contribution in [2.24, 2.45) is 0 Å². The van der Waals surface area contributed by atoms with E-state index in [1.54, 1.807) is 25.1 Å². The van der Waals surface area contributed by atoms with E-state index >= 15 is 0 Å². The van der Waals surface area contributed by atoms with Crippen LogP contribution in [0.2, 0.25) is 0 Å². The van der Waals surface area contributed by atoms with E-state index < -0.39 is 0 Å². The summed E-state index contributed by atoms with van der Waals surface area (Å²) in [5, 5.41) is 8.77. The number of nitrogen functional groups attached to an aromatic ring is 1. The third-order valence-corrected chi connectivity index (χ3v) is 3.01. The van der Waals surface area contributed by atoms with E-state index in [0.717, 1.165) is 0 Å². The number of aliphatic hydroxyl groups excluding tert-OH is 1. The first kappa shape index (κ1) is 12.9. The van der Waals surface area contributed by atoms with Crippen LogP contribution in [0, 0.1) is 0 Å². The summed E-state index contributed by atoms with van der Waals surface area (Å²) in [5.41, 5.74) is 6.78. The molecule has 16 heavy (non-hydrogen) atoms. The largest absolute Gasteiger partial charge is 0.462 e. The van der Waals surface area contributed by atoms with Crippen molar-refractivity contribution in [3.05, 3.63) is 23.8 Å². The van der Waals surface area contributed by atoms with Crippen LogP contribution in [0.4, 0.5) is 5.69 Å². The molecular weight excluding hydrogens is 226 g/mol. The van der Waals surface area contributed by atoms with Crippen LogP contribution in [0.25, 0.3) is 0 Å². The van der Waals surface area contributed by atoms with E-state index in [0.29, 0.717) is 28.5 Å². The number of carbonyl (C=O) groups excluding carboxylic acids is 1. The summed E-state index contributed by atoms with van der Waals surface area (Å²) in [7, 11) is 0. The Morgan fingerprint density at radius 1 is 1.56 bits per heavy atom. The van der Waals surface area contributed by atoms with Crippen molar-refractivity contribution < 1.29 is 14.6 Å². The molecule has 0 atom stereocenters. The summed E-state index contributed by atoms with van der Waals surface area (Å²) in [5.74, 6) is 0.121. The summed E-state index contributed by atoms with van der Waals surface area (Å²) in [4.78, 5) is 12.3. The maximum Gasteiger partial charge on any atom is 0.339 e. The number of ether oxygens (including phenoxy) is 1. The van der Waals surface area contributed by atoms with Crippen molar-refractivity contribution >= 4 is 23.4 Å². The highest BCUT2D eigenvalue weighted by atomic mass is 32.2. The van der Waals surface area contributed by atoms with E-state index in [1.807, 2.05) is 0 Å². The predicted octanol–water partition coefficient (Wildman–Crippen LogP) is 1.53. The number of thioether (sulfide) groups is 1. The molecule has 0 fully saturated rings. The Balaban J connectivity index is 2.97. The highest BCUT2D eigenvalue weighted by Crippen LogP contribution is 2.29. The van der Waals surface area contributed by atoms with Crippen molar-refractivity contribution in [2.45, 2.75) is 11.8 Å². The zero-order valence-corrected chi connectivity index (χ0v) is 9.92. The highest BCUT2D eigenvalue weighted by Gasteiger charge is 2.14. The average Bonchev–Trinajstić information content (AvgIpc) is 2.27. The van der Waals surface area contributed by atoms with Crippen molar-refractivity contribution in [2.75, 3.05) is 24.7 Å². The predicted molar refractivity (Wildman–Crippen MR) is 64.6 cm³/mol. The second-order valence-corrected chi connectivity index (χ2v) is 4.12. The summed E-state index contributed by atoms with van der Waals surface area (Å²) in [6.07, 6.45) is 0. The van der Waals surface area contributed by atoms with Gasteiger partial charge in [-0.25, -0.2) is 4.79 Å². The third kappa shape index (κ3) is 3.15. The molecule has 5 heteroatoms. The molecule has 0 saturated heterocycles. The highest BCUT2D eigenvalue weighted by molar-refractivity contribution is 7.99. The number of nitrogens with two attached hydrogens (primary N) is 1. The molecule has 0 aliphatic rings. The molecule has 0 bridgehead atoms. The smallest absolute Gasteiger partial charge is 0.339 e. The van der Waals surface area contributed by atoms with Crippen LogP contribution in [0.3, 0.4) is 0 Å². The maximum absolute atomic E-state index is 11.6. The van der Waals surface area contributed by atoms with E-state index in [-0.39, 0.29) is 12.6 Å². The number of esters is 1. The molecule has 0 aliphatic heterocycles. The summed E-state index contributed by atoms with van der Waals surface area (Å²) < 4.78 is 4.93. The van der Waals surface area contributed by atoms with Crippen LogP contribution in [0.1, 0.15) is 17.3 Å². The van der Waals surface area contributed by atoms with Crippen LogP contribution in [0.5, 0.6) is 0 Å². The van der Waals surface area contributed by atoms with Crippen LogP contribution in [-0.4, -0.2) is 30.0 Å². The van der Waals surface area contributed by atoms with Crippen LogP contribution in [-0.2, 0) is 4.74 Å². The monoisotopic (exact) mass is 241 g/mol. The second-order valence-electron chi connectivity index (χ2n) is 3.02. The standard InChI is InChI=1S/C11H15NO3S/c1-2-15-11(14)8-4-3-5-9(12)10(8)16-7-6-13/h3-5,13H,2,6-7,12H2,1H3. The molecular formula is C11H15NO3S. The molecule has 0 saturated carbocycles. The van der Waals surface area contributed by atoms with Crippen LogP contribution in [0.15, 0.2) is 23.1 Å². The molecule has 0 heterocycles. The molecule has 1 aromatic rings. The van der Waals surface area contributed by atoms with Gasteiger partial charge in [-0.05, 0) is 19.1 Å². The van der Waals surface area contributed by atoms with E-state index in [9.17, 15) is 4.79 Å². The molecule has 0 radical (unpaired) electrons. The first-order valence-corrected chi connectivity index (χ1v) is 5.98. The molecule has 1 rings (SSSR count). The fraction of sp³-hybridized carbons (Fsp3) is 0.364. The molecule has 3 N–H and O–H groups in total. The fourth-order valence-electron chi connectivity index (χ4n) is 1.23. The number of carbonyl (C=O) groups is 1. The molecule has 0 spiro atoms. The van der Waals surface area contributed by atoms with Crippen LogP contribution < -0.4 is 5.73 Å². The first-order valence-electron chi connectivity index (χ1n) is 5.00. The van der Waals surface area contributed by atoms with Crippen molar-refractivity contribution in [3.63, 3.8) is 0 Å². The van der Waals surface area contributed by atoms with E-state index in [4.69, 9.17) is 15.6 Å². The van der Waals surface area contributed by atoms with Crippen LogP contribution >= 0.6 is 11.8 Å². The number of hydrogen-bond donors (Lipinski definition) is 2. The van der Waals surface area contributed by atoms with Gasteiger partial charge >= 0.3 is 5.97 Å². The van der Waals surface area contributed by atoms with Gasteiger partial charge in [-0.1, -0.05) is 6.07 Å². The van der Waals surface area contributed by atoms with Gasteiger partial charge in [0.1, 0.15) is 0 Å². The fourth-order valence-corrected chi connectivity index (χ4v) is 2.07. The number of anilines is 1. The van der Waals surface area contributed by atoms with Gasteiger partial charge in [-0.3, -0.25) is 0 Å². The normalized spacial score (nSPS) is 10.1. The molecule has 0 unspecified atom stereocenters. The van der Waals surface area contributed by atoms with Crippen molar-refractivity contribution in [1.82, 2.24) is 0 Å². The van der Waals surface area contributed by atoms with Gasteiger partial charge in [0.15, 0.2) is 0 Å². The first-order chi connectivity index (χ1) is 7.70. The van der Waals surface area contributed by atoms with Gasteiger partial charge in [-0.15, -0.1) is 11.8 Å². The lowest BCUT2D eigenvalue weighted by Crippen LogP contribution is -2.08. The van der Waals surface area contributed by atoms with Gasteiger partial charge < -0.3 is 15.6 Å². The number of benzene rings is 1. The van der Waals surface area contributed by atoms with Crippen molar-refractivity contribution in [3.8, 4) is 0 Å². The topological polar surface area (TPSA) is 72.5 Å². The molecule has 4 nitrogen and oxygen atoms in total. The van der Waals surface area contributed by atoms with Gasteiger partial charge in [0, 0.05) is 16.3 Å². The molecule has 0 aliphatic carbocycles. The summed E-state index contributed by atoms with van der Waals surface area (Å²) in [6, 6.07) is 5.11. The molecule has 88 valence electrons. The minimum atomic E-state index is -0.379. The van der Waals surface area contributed by atoms with Gasteiger partial charge in [0.05, 0.1) is 18.8 Å². The zero-order chi connectivity index (χ0) is 12.0. The van der Waals surface area contributed by atoms with Crippen molar-refractivity contribution in [1.29, 1.82) is 0 Å². The minimum Gasteiger partial charge on any atom is -0.462 e. The SMILES string of the molecule is CCOC(=O)c1cccc(N)c1SCCO. The van der Waals surface area contributed by atoms with E-state index in [2.05, 4.69) is 0 Å². The van der Waals surface area contributed by atoms with Gasteiger partial charge in [0.2, 0.25) is 0 Å². The van der Waals surface area contributed by atoms with E-state index in [1.165, 1.54) is 11.8 Å². The minimum absolute atomic E-state index is 0.0429. The Hall–Kier alpha value is -1.20. The Bertz CT molecular complexity index is 368. The molecule has 1 aromatic carbocycles. The molecule has 0 aromatic heterocycles. The lowest BCUT2D eigenvalue weighted by molar-refractivity contribution is 0.0522. The number of rotatable bonds is 5. The third-order valence-electron chi connectivity index (χ3n) is 1.88. The Morgan fingerprint density at radius 3 is 2.94 bits per heavy atom. The Kier molecular flexibility index (Phi) is 5.14. The summed E-state index contributed by atoms with van der Waals surface area (Å²) >= 11 is 1.35. The van der Waals surface area contributed by atoms with Gasteiger partial charge in [-0.2, -0.15) is 0 Å². The molecule has 0 amide bonds. The number of hydrogen-bond acceptors (Lipinski definition) is 5. The maximum atomic E-state index is 11.6. The summed E-state index contributed by atoms with van der Waals surface area (Å²) in [6.45, 7) is 2.13. The van der Waals surface area contributed by atoms with Gasteiger partial charge in [0.25, 0.3) is 0 Å².